The minimum absolute atomic E-state index is 0.0959. The Kier molecular flexibility index (Phi) is 3.85. The van der Waals surface area contributed by atoms with Crippen LogP contribution in [-0.4, -0.2) is 22.7 Å². The highest BCUT2D eigenvalue weighted by molar-refractivity contribution is 5.78. The summed E-state index contributed by atoms with van der Waals surface area (Å²) in [4.78, 5) is 12.1. The van der Waals surface area contributed by atoms with Crippen molar-refractivity contribution < 1.29 is 13.9 Å². The van der Waals surface area contributed by atoms with Gasteiger partial charge in [0.1, 0.15) is 11.6 Å². The molecule has 0 spiro atoms. The molecule has 1 atom stereocenters. The van der Waals surface area contributed by atoms with Crippen LogP contribution in [0.1, 0.15) is 30.1 Å². The summed E-state index contributed by atoms with van der Waals surface area (Å²) in [5.41, 5.74) is 1.59. The van der Waals surface area contributed by atoms with Gasteiger partial charge in [0.05, 0.1) is 19.1 Å². The SMILES string of the molecule is O=C(Cc1ccn[nH]1)NC1CCCOc2cc(F)ccc21. The maximum absolute atomic E-state index is 13.3. The van der Waals surface area contributed by atoms with E-state index in [1.165, 1.54) is 12.1 Å². The van der Waals surface area contributed by atoms with Crippen molar-refractivity contribution >= 4 is 5.91 Å². The molecule has 0 aliphatic carbocycles. The second-order valence-corrected chi connectivity index (χ2v) is 5.05. The smallest absolute Gasteiger partial charge is 0.226 e. The summed E-state index contributed by atoms with van der Waals surface area (Å²) in [5.74, 6) is 0.0824. The molecule has 5 nitrogen and oxygen atoms in total. The number of carbonyl (C=O) groups is 1. The van der Waals surface area contributed by atoms with Gasteiger partial charge in [0, 0.05) is 23.5 Å². The molecule has 6 heteroatoms. The van der Waals surface area contributed by atoms with E-state index in [0.717, 1.165) is 24.1 Å². The maximum atomic E-state index is 13.3. The minimum atomic E-state index is -0.335. The molecule has 110 valence electrons. The molecule has 1 unspecified atom stereocenters. The van der Waals surface area contributed by atoms with E-state index in [2.05, 4.69) is 15.5 Å². The van der Waals surface area contributed by atoms with Crippen molar-refractivity contribution in [1.82, 2.24) is 15.5 Å². The van der Waals surface area contributed by atoms with E-state index in [9.17, 15) is 9.18 Å². The first-order valence-corrected chi connectivity index (χ1v) is 6.92. The molecule has 2 heterocycles. The number of amides is 1. The zero-order valence-electron chi connectivity index (χ0n) is 11.4. The Morgan fingerprint density at radius 1 is 1.48 bits per heavy atom. The Hall–Kier alpha value is -2.37. The predicted molar refractivity (Wildman–Crippen MR) is 74.3 cm³/mol. The van der Waals surface area contributed by atoms with Gasteiger partial charge in [-0.25, -0.2) is 4.39 Å². The first-order valence-electron chi connectivity index (χ1n) is 6.92. The fourth-order valence-corrected chi connectivity index (χ4v) is 2.50. The largest absolute Gasteiger partial charge is 0.493 e. The Labute approximate surface area is 121 Å². The molecule has 0 saturated carbocycles. The van der Waals surface area contributed by atoms with Crippen LogP contribution in [0.4, 0.5) is 4.39 Å². The molecule has 0 saturated heterocycles. The normalized spacial score (nSPS) is 17.5. The Bertz CT molecular complexity index is 628. The number of hydrogen-bond acceptors (Lipinski definition) is 3. The van der Waals surface area contributed by atoms with Crippen LogP contribution in [0.15, 0.2) is 30.5 Å². The average molecular weight is 289 g/mol. The molecule has 2 aromatic rings. The Morgan fingerprint density at radius 2 is 2.38 bits per heavy atom. The lowest BCUT2D eigenvalue weighted by Crippen LogP contribution is -2.29. The van der Waals surface area contributed by atoms with E-state index in [1.54, 1.807) is 18.3 Å². The highest BCUT2D eigenvalue weighted by atomic mass is 19.1. The zero-order chi connectivity index (χ0) is 14.7. The minimum Gasteiger partial charge on any atom is -0.493 e. The first kappa shape index (κ1) is 13.6. The summed E-state index contributed by atoms with van der Waals surface area (Å²) >= 11 is 0. The van der Waals surface area contributed by atoms with Crippen LogP contribution in [0.5, 0.6) is 5.75 Å². The number of nitrogens with one attached hydrogen (secondary N) is 2. The number of carbonyl (C=O) groups excluding carboxylic acids is 1. The van der Waals surface area contributed by atoms with Crippen LogP contribution in [0.3, 0.4) is 0 Å². The zero-order valence-corrected chi connectivity index (χ0v) is 11.4. The number of H-pyrrole nitrogens is 1. The number of halogens is 1. The van der Waals surface area contributed by atoms with Crippen molar-refractivity contribution in [3.05, 3.63) is 47.5 Å². The van der Waals surface area contributed by atoms with Gasteiger partial charge in [-0.15, -0.1) is 0 Å². The second kappa shape index (κ2) is 5.95. The van der Waals surface area contributed by atoms with Gasteiger partial charge in [-0.1, -0.05) is 6.07 Å². The van der Waals surface area contributed by atoms with Crippen molar-refractivity contribution in [2.24, 2.45) is 0 Å². The monoisotopic (exact) mass is 289 g/mol. The van der Waals surface area contributed by atoms with E-state index >= 15 is 0 Å². The standard InChI is InChI=1S/C15H16FN3O2/c16-10-3-4-12-13(2-1-7-21-14(12)8-10)18-15(20)9-11-5-6-17-19-11/h3-6,8,13H,1-2,7,9H2,(H,17,19)(H,18,20). The molecule has 1 aromatic heterocycles. The van der Waals surface area contributed by atoms with E-state index in [4.69, 9.17) is 4.74 Å². The second-order valence-electron chi connectivity index (χ2n) is 5.05. The lowest BCUT2D eigenvalue weighted by atomic mass is 10.0. The fourth-order valence-electron chi connectivity index (χ4n) is 2.50. The average Bonchev–Trinajstić information content (AvgIpc) is 2.87. The third-order valence-corrected chi connectivity index (χ3v) is 3.49. The van der Waals surface area contributed by atoms with Gasteiger partial charge in [-0.3, -0.25) is 9.89 Å². The summed E-state index contributed by atoms with van der Waals surface area (Å²) in [5, 5.41) is 9.56. The Morgan fingerprint density at radius 3 is 3.19 bits per heavy atom. The molecule has 1 aliphatic rings. The molecule has 1 amide bonds. The number of nitrogens with zero attached hydrogens (tertiary/aromatic N) is 1. The van der Waals surface area contributed by atoms with Crippen LogP contribution in [0.25, 0.3) is 0 Å². The van der Waals surface area contributed by atoms with Gasteiger partial charge in [0.2, 0.25) is 5.91 Å². The molecule has 21 heavy (non-hydrogen) atoms. The van der Waals surface area contributed by atoms with Crippen LogP contribution in [-0.2, 0) is 11.2 Å². The van der Waals surface area contributed by atoms with Crippen LogP contribution in [0, 0.1) is 5.82 Å². The maximum Gasteiger partial charge on any atom is 0.226 e. The number of hydrogen-bond donors (Lipinski definition) is 2. The molecule has 0 fully saturated rings. The molecule has 0 radical (unpaired) electrons. The van der Waals surface area contributed by atoms with E-state index in [0.29, 0.717) is 12.4 Å². The molecule has 1 aromatic carbocycles. The van der Waals surface area contributed by atoms with Crippen LogP contribution >= 0.6 is 0 Å². The molecule has 1 aliphatic heterocycles. The summed E-state index contributed by atoms with van der Waals surface area (Å²) in [6.45, 7) is 0.531. The molecular formula is C15H16FN3O2. The third-order valence-electron chi connectivity index (χ3n) is 3.49. The van der Waals surface area contributed by atoms with Crippen LogP contribution in [0.2, 0.25) is 0 Å². The Balaban J connectivity index is 1.74. The highest BCUT2D eigenvalue weighted by Crippen LogP contribution is 2.32. The molecule has 3 rings (SSSR count). The van der Waals surface area contributed by atoms with Crippen molar-refractivity contribution in [3.8, 4) is 5.75 Å². The van der Waals surface area contributed by atoms with Gasteiger partial charge in [0.25, 0.3) is 0 Å². The highest BCUT2D eigenvalue weighted by Gasteiger charge is 2.22. The fraction of sp³-hybridized carbons (Fsp3) is 0.333. The van der Waals surface area contributed by atoms with E-state index in [1.807, 2.05) is 0 Å². The van der Waals surface area contributed by atoms with Gasteiger partial charge in [-0.05, 0) is 25.0 Å². The van der Waals surface area contributed by atoms with Gasteiger partial charge < -0.3 is 10.1 Å². The topological polar surface area (TPSA) is 67.0 Å². The number of aromatic nitrogens is 2. The summed E-state index contributed by atoms with van der Waals surface area (Å²) in [6, 6.07) is 6.05. The van der Waals surface area contributed by atoms with Crippen molar-refractivity contribution in [1.29, 1.82) is 0 Å². The molecular weight excluding hydrogens is 273 g/mol. The van der Waals surface area contributed by atoms with Crippen LogP contribution < -0.4 is 10.1 Å². The lowest BCUT2D eigenvalue weighted by Gasteiger charge is -2.18. The van der Waals surface area contributed by atoms with Crippen molar-refractivity contribution in [2.75, 3.05) is 6.61 Å². The summed E-state index contributed by atoms with van der Waals surface area (Å²) in [6.07, 6.45) is 3.44. The number of aromatic amines is 1. The third kappa shape index (κ3) is 3.21. The first-order chi connectivity index (χ1) is 10.2. The quantitative estimate of drug-likeness (QED) is 0.909. The number of ether oxygens (including phenoxy) is 1. The summed E-state index contributed by atoms with van der Waals surface area (Å²) in [7, 11) is 0. The number of fused-ring (bicyclic) bond motifs is 1. The van der Waals surface area contributed by atoms with Gasteiger partial charge >= 0.3 is 0 Å². The predicted octanol–water partition coefficient (Wildman–Crippen LogP) is 2.12. The molecule has 0 bridgehead atoms. The summed E-state index contributed by atoms with van der Waals surface area (Å²) < 4.78 is 18.8. The van der Waals surface area contributed by atoms with E-state index < -0.39 is 0 Å². The number of rotatable bonds is 3. The van der Waals surface area contributed by atoms with Gasteiger partial charge in [-0.2, -0.15) is 5.10 Å². The lowest BCUT2D eigenvalue weighted by molar-refractivity contribution is -0.121. The van der Waals surface area contributed by atoms with E-state index in [-0.39, 0.29) is 24.2 Å². The van der Waals surface area contributed by atoms with Gasteiger partial charge in [0.15, 0.2) is 0 Å². The van der Waals surface area contributed by atoms with Crippen molar-refractivity contribution in [2.45, 2.75) is 25.3 Å². The van der Waals surface area contributed by atoms with Crippen molar-refractivity contribution in [3.63, 3.8) is 0 Å². The number of benzene rings is 1. The molecule has 2 N–H and O–H groups in total.